The number of carbonyl (C=O) groups is 1. The van der Waals surface area contributed by atoms with Crippen LogP contribution in [-0.4, -0.2) is 47.0 Å². The third kappa shape index (κ3) is 3.08. The predicted octanol–water partition coefficient (Wildman–Crippen LogP) is 3.43. The molecule has 0 aromatic carbocycles. The van der Waals surface area contributed by atoms with Gasteiger partial charge in [-0.1, -0.05) is 20.8 Å². The number of fused-ring (bicyclic) bond motifs is 3. The molecule has 1 amide bonds. The second-order valence-electron chi connectivity index (χ2n) is 8.09. The number of amides is 1. The molecular weight excluding hydrogens is 344 g/mol. The van der Waals surface area contributed by atoms with Crippen molar-refractivity contribution in [2.75, 3.05) is 31.1 Å². The van der Waals surface area contributed by atoms with Gasteiger partial charge in [0.05, 0.1) is 5.39 Å². The number of hydrogen-bond donors (Lipinski definition) is 0. The van der Waals surface area contributed by atoms with Gasteiger partial charge < -0.3 is 9.80 Å². The van der Waals surface area contributed by atoms with Gasteiger partial charge in [-0.25, -0.2) is 9.97 Å². The number of thiophene rings is 1. The maximum absolute atomic E-state index is 12.3. The molecule has 2 aromatic rings. The van der Waals surface area contributed by atoms with E-state index in [0.29, 0.717) is 0 Å². The van der Waals surface area contributed by atoms with Crippen LogP contribution in [0.5, 0.6) is 0 Å². The van der Waals surface area contributed by atoms with Crippen LogP contribution in [0, 0.1) is 18.8 Å². The number of hydrogen-bond acceptors (Lipinski definition) is 5. The van der Waals surface area contributed by atoms with Crippen molar-refractivity contribution < 1.29 is 4.79 Å². The van der Waals surface area contributed by atoms with Crippen molar-refractivity contribution in [3.05, 3.63) is 16.3 Å². The average Bonchev–Trinajstić information content (AvgIpc) is 2.97. The molecule has 1 aliphatic heterocycles. The molecule has 0 unspecified atom stereocenters. The fourth-order valence-electron chi connectivity index (χ4n) is 4.16. The first-order chi connectivity index (χ1) is 12.4. The van der Waals surface area contributed by atoms with E-state index in [1.165, 1.54) is 28.7 Å². The summed E-state index contributed by atoms with van der Waals surface area (Å²) in [5, 5.41) is 1.28. The van der Waals surface area contributed by atoms with Crippen LogP contribution >= 0.6 is 11.3 Å². The molecule has 3 heterocycles. The number of anilines is 1. The highest BCUT2D eigenvalue weighted by Gasteiger charge is 2.28. The van der Waals surface area contributed by atoms with Gasteiger partial charge in [0.25, 0.3) is 0 Å². The molecule has 0 spiro atoms. The quantitative estimate of drug-likeness (QED) is 0.810. The van der Waals surface area contributed by atoms with Crippen LogP contribution in [0.25, 0.3) is 10.2 Å². The largest absolute Gasteiger partial charge is 0.352 e. The molecule has 1 aliphatic carbocycles. The average molecular weight is 373 g/mol. The lowest BCUT2D eigenvalue weighted by molar-refractivity contribution is -0.134. The number of nitrogens with zero attached hydrogens (tertiary/aromatic N) is 4. The van der Waals surface area contributed by atoms with E-state index in [2.05, 4.69) is 11.8 Å². The zero-order valence-electron chi connectivity index (χ0n) is 16.2. The highest BCUT2D eigenvalue weighted by molar-refractivity contribution is 7.19. The first kappa shape index (κ1) is 17.7. The lowest BCUT2D eigenvalue weighted by atomic mass is 9.89. The van der Waals surface area contributed by atoms with E-state index < -0.39 is 0 Å². The first-order valence-electron chi connectivity index (χ1n) is 9.76. The second kappa shape index (κ2) is 6.80. The van der Waals surface area contributed by atoms with Crippen LogP contribution in [0.4, 0.5) is 5.82 Å². The topological polar surface area (TPSA) is 49.3 Å². The summed E-state index contributed by atoms with van der Waals surface area (Å²) in [6.07, 6.45) is 3.57. The summed E-state index contributed by atoms with van der Waals surface area (Å²) in [6.45, 7) is 11.6. The molecule has 140 valence electrons. The minimum absolute atomic E-state index is 0.0698. The molecule has 1 saturated heterocycles. The van der Waals surface area contributed by atoms with Crippen molar-refractivity contribution in [3.8, 4) is 0 Å². The molecule has 1 fully saturated rings. The smallest absolute Gasteiger partial charge is 0.225 e. The van der Waals surface area contributed by atoms with Gasteiger partial charge >= 0.3 is 0 Å². The van der Waals surface area contributed by atoms with Gasteiger partial charge in [0.15, 0.2) is 0 Å². The molecule has 0 bridgehead atoms. The molecule has 1 atom stereocenters. The molecule has 0 radical (unpaired) electrons. The summed E-state index contributed by atoms with van der Waals surface area (Å²) in [6, 6.07) is 0. The van der Waals surface area contributed by atoms with Gasteiger partial charge in [0.1, 0.15) is 16.5 Å². The molecule has 2 aliphatic rings. The normalized spacial score (nSPS) is 20.7. The van der Waals surface area contributed by atoms with Crippen molar-refractivity contribution in [3.63, 3.8) is 0 Å². The van der Waals surface area contributed by atoms with Gasteiger partial charge in [0.2, 0.25) is 5.91 Å². The first-order valence-corrected chi connectivity index (χ1v) is 10.6. The monoisotopic (exact) mass is 372 g/mol. The zero-order valence-corrected chi connectivity index (χ0v) is 17.0. The Hall–Kier alpha value is -1.69. The Morgan fingerprint density at radius 1 is 1.19 bits per heavy atom. The van der Waals surface area contributed by atoms with E-state index >= 15 is 0 Å². The standard InChI is InChI=1S/C20H28N4OS/c1-12(2)20(25)24-9-7-23(8-10-24)18-17-15-6-5-13(3)11-16(15)26-19(17)22-14(4)21-18/h12-13H,5-11H2,1-4H3/t13-/m1/s1. The van der Waals surface area contributed by atoms with E-state index in [0.717, 1.165) is 55.0 Å². The van der Waals surface area contributed by atoms with Crippen molar-refractivity contribution >= 4 is 33.3 Å². The summed E-state index contributed by atoms with van der Waals surface area (Å²) in [4.78, 5) is 28.9. The van der Waals surface area contributed by atoms with Gasteiger partial charge in [-0.3, -0.25) is 4.79 Å². The van der Waals surface area contributed by atoms with Crippen LogP contribution < -0.4 is 4.90 Å². The summed E-state index contributed by atoms with van der Waals surface area (Å²) in [5.41, 5.74) is 1.48. The Balaban J connectivity index is 1.66. The van der Waals surface area contributed by atoms with Gasteiger partial charge in [-0.05, 0) is 37.7 Å². The van der Waals surface area contributed by atoms with E-state index in [4.69, 9.17) is 9.97 Å². The summed E-state index contributed by atoms with van der Waals surface area (Å²) in [7, 11) is 0. The van der Waals surface area contributed by atoms with Gasteiger partial charge in [-0.2, -0.15) is 0 Å². The second-order valence-corrected chi connectivity index (χ2v) is 9.18. The zero-order chi connectivity index (χ0) is 18.4. The third-order valence-corrected chi connectivity index (χ3v) is 6.78. The summed E-state index contributed by atoms with van der Waals surface area (Å²) < 4.78 is 0. The van der Waals surface area contributed by atoms with E-state index in [9.17, 15) is 4.79 Å². The number of rotatable bonds is 2. The molecule has 5 nitrogen and oxygen atoms in total. The minimum Gasteiger partial charge on any atom is -0.352 e. The predicted molar refractivity (Wildman–Crippen MR) is 107 cm³/mol. The van der Waals surface area contributed by atoms with Crippen molar-refractivity contribution in [2.24, 2.45) is 11.8 Å². The summed E-state index contributed by atoms with van der Waals surface area (Å²) in [5.74, 6) is 3.03. The number of aryl methyl sites for hydroxylation is 2. The number of aromatic nitrogens is 2. The van der Waals surface area contributed by atoms with Crippen molar-refractivity contribution in [2.45, 2.75) is 47.0 Å². The van der Waals surface area contributed by atoms with E-state index in [1.807, 2.05) is 37.0 Å². The molecule has 2 aromatic heterocycles. The lowest BCUT2D eigenvalue weighted by Gasteiger charge is -2.36. The molecular formula is C20H28N4OS. The summed E-state index contributed by atoms with van der Waals surface area (Å²) >= 11 is 1.86. The van der Waals surface area contributed by atoms with E-state index in [-0.39, 0.29) is 11.8 Å². The van der Waals surface area contributed by atoms with Crippen LogP contribution in [0.3, 0.4) is 0 Å². The van der Waals surface area contributed by atoms with Crippen LogP contribution in [-0.2, 0) is 17.6 Å². The molecule has 6 heteroatoms. The highest BCUT2D eigenvalue weighted by atomic mass is 32.1. The maximum atomic E-state index is 12.3. The fraction of sp³-hybridized carbons (Fsp3) is 0.650. The fourth-order valence-corrected chi connectivity index (χ4v) is 5.58. The van der Waals surface area contributed by atoms with Gasteiger partial charge in [0, 0.05) is 37.0 Å². The van der Waals surface area contributed by atoms with Crippen LogP contribution in [0.1, 0.15) is 43.5 Å². The SMILES string of the molecule is Cc1nc(N2CCN(C(=O)C(C)C)CC2)c2c3c(sc2n1)C[C@H](C)CC3. The minimum atomic E-state index is 0.0698. The Labute approximate surface area is 159 Å². The van der Waals surface area contributed by atoms with Gasteiger partial charge in [-0.15, -0.1) is 11.3 Å². The Bertz CT molecular complexity index is 836. The molecule has 26 heavy (non-hydrogen) atoms. The number of carbonyl (C=O) groups excluding carboxylic acids is 1. The lowest BCUT2D eigenvalue weighted by Crippen LogP contribution is -2.50. The van der Waals surface area contributed by atoms with Crippen molar-refractivity contribution in [1.29, 1.82) is 0 Å². The maximum Gasteiger partial charge on any atom is 0.225 e. The number of piperazine rings is 1. The molecule has 0 saturated carbocycles. The van der Waals surface area contributed by atoms with E-state index in [1.54, 1.807) is 0 Å². The third-order valence-electron chi connectivity index (χ3n) is 5.63. The molecule has 0 N–H and O–H groups in total. The Morgan fingerprint density at radius 3 is 2.62 bits per heavy atom. The Kier molecular flexibility index (Phi) is 4.63. The highest BCUT2D eigenvalue weighted by Crippen LogP contribution is 2.41. The van der Waals surface area contributed by atoms with Crippen LogP contribution in [0.15, 0.2) is 0 Å². The van der Waals surface area contributed by atoms with Crippen molar-refractivity contribution in [1.82, 2.24) is 14.9 Å². The van der Waals surface area contributed by atoms with Crippen LogP contribution in [0.2, 0.25) is 0 Å². The molecule has 4 rings (SSSR count). The Morgan fingerprint density at radius 2 is 1.92 bits per heavy atom.